The monoisotopic (exact) mass is 288 g/mol. The van der Waals surface area contributed by atoms with E-state index in [-0.39, 0.29) is 11.6 Å². The van der Waals surface area contributed by atoms with Crippen molar-refractivity contribution in [3.63, 3.8) is 0 Å². The van der Waals surface area contributed by atoms with Gasteiger partial charge >= 0.3 is 5.97 Å². The minimum atomic E-state index is -1.14. The molecule has 0 amide bonds. The van der Waals surface area contributed by atoms with Gasteiger partial charge < -0.3 is 10.0 Å². The van der Waals surface area contributed by atoms with Gasteiger partial charge in [-0.3, -0.25) is 4.98 Å². The molecule has 4 nitrogen and oxygen atoms in total. The van der Waals surface area contributed by atoms with Gasteiger partial charge in [0.1, 0.15) is 5.82 Å². The Morgan fingerprint density at radius 1 is 1.33 bits per heavy atom. The number of carboxylic acid groups (broad SMARTS) is 1. The molecule has 0 aliphatic rings. The van der Waals surface area contributed by atoms with Crippen molar-refractivity contribution in [2.45, 2.75) is 26.4 Å². The first kappa shape index (κ1) is 15.0. The lowest BCUT2D eigenvalue weighted by atomic mass is 10.1. The zero-order chi connectivity index (χ0) is 15.4. The highest BCUT2D eigenvalue weighted by molar-refractivity contribution is 5.88. The summed E-state index contributed by atoms with van der Waals surface area (Å²) in [4.78, 5) is 17.0. The first-order valence-corrected chi connectivity index (χ1v) is 6.68. The Bertz CT molecular complexity index is 629. The summed E-state index contributed by atoms with van der Waals surface area (Å²) in [6.07, 6.45) is 1.69. The first-order valence-electron chi connectivity index (χ1n) is 6.68. The van der Waals surface area contributed by atoms with Crippen LogP contribution in [0.1, 0.15) is 29.9 Å². The van der Waals surface area contributed by atoms with E-state index >= 15 is 0 Å². The third-order valence-electron chi connectivity index (χ3n) is 3.19. The van der Waals surface area contributed by atoms with Gasteiger partial charge in [-0.15, -0.1) is 0 Å². The molecule has 0 radical (unpaired) electrons. The SMILES string of the molecule is CC(C)N(Cc1ccccn1)c1ccc(C(=O)O)cc1F. The summed E-state index contributed by atoms with van der Waals surface area (Å²) in [6.45, 7) is 4.36. The molecule has 0 aliphatic heterocycles. The maximum Gasteiger partial charge on any atom is 0.335 e. The van der Waals surface area contributed by atoms with Crippen molar-refractivity contribution in [3.05, 3.63) is 59.7 Å². The van der Waals surface area contributed by atoms with Crippen LogP contribution in [0.25, 0.3) is 0 Å². The van der Waals surface area contributed by atoms with Crippen LogP contribution in [-0.4, -0.2) is 22.1 Å². The molecule has 1 heterocycles. The number of aromatic nitrogens is 1. The molecule has 0 bridgehead atoms. The molecule has 1 aromatic carbocycles. The van der Waals surface area contributed by atoms with Gasteiger partial charge in [0.05, 0.1) is 23.5 Å². The predicted molar refractivity (Wildman–Crippen MR) is 78.9 cm³/mol. The van der Waals surface area contributed by atoms with Crippen molar-refractivity contribution in [1.29, 1.82) is 0 Å². The number of nitrogens with zero attached hydrogens (tertiary/aromatic N) is 2. The molecule has 0 spiro atoms. The van der Waals surface area contributed by atoms with Crippen LogP contribution in [-0.2, 0) is 6.54 Å². The van der Waals surface area contributed by atoms with Crippen LogP contribution in [0.2, 0.25) is 0 Å². The highest BCUT2D eigenvalue weighted by Crippen LogP contribution is 2.24. The van der Waals surface area contributed by atoms with Gasteiger partial charge in [0.2, 0.25) is 0 Å². The van der Waals surface area contributed by atoms with Crippen LogP contribution in [0.4, 0.5) is 10.1 Å². The molecule has 2 rings (SSSR count). The van der Waals surface area contributed by atoms with Crippen molar-refractivity contribution in [3.8, 4) is 0 Å². The fourth-order valence-corrected chi connectivity index (χ4v) is 2.08. The van der Waals surface area contributed by atoms with Gasteiger partial charge in [-0.2, -0.15) is 0 Å². The van der Waals surface area contributed by atoms with Crippen LogP contribution < -0.4 is 4.90 Å². The molecule has 0 saturated heterocycles. The largest absolute Gasteiger partial charge is 0.478 e. The molecule has 21 heavy (non-hydrogen) atoms. The summed E-state index contributed by atoms with van der Waals surface area (Å²) < 4.78 is 14.2. The Labute approximate surface area is 122 Å². The second-order valence-corrected chi connectivity index (χ2v) is 5.01. The number of halogens is 1. The lowest BCUT2D eigenvalue weighted by molar-refractivity contribution is 0.0696. The number of hydrogen-bond acceptors (Lipinski definition) is 3. The topological polar surface area (TPSA) is 53.4 Å². The third-order valence-corrected chi connectivity index (χ3v) is 3.19. The highest BCUT2D eigenvalue weighted by atomic mass is 19.1. The van der Waals surface area contributed by atoms with Crippen LogP contribution in [0, 0.1) is 5.82 Å². The molecule has 0 saturated carbocycles. The molecular formula is C16H17FN2O2. The van der Waals surface area contributed by atoms with E-state index in [1.54, 1.807) is 6.20 Å². The number of carbonyl (C=O) groups is 1. The minimum absolute atomic E-state index is 0.0529. The molecule has 0 aliphatic carbocycles. The Hall–Kier alpha value is -2.43. The summed E-state index contributed by atoms with van der Waals surface area (Å²) >= 11 is 0. The molecule has 5 heteroatoms. The van der Waals surface area contributed by atoms with Gasteiger partial charge in [0, 0.05) is 12.2 Å². The van der Waals surface area contributed by atoms with E-state index in [1.165, 1.54) is 12.1 Å². The first-order chi connectivity index (χ1) is 9.99. The van der Waals surface area contributed by atoms with E-state index in [4.69, 9.17) is 5.11 Å². The van der Waals surface area contributed by atoms with Gasteiger partial charge in [0.25, 0.3) is 0 Å². The quantitative estimate of drug-likeness (QED) is 0.917. The zero-order valence-corrected chi connectivity index (χ0v) is 12.0. The van der Waals surface area contributed by atoms with Crippen molar-refractivity contribution >= 4 is 11.7 Å². The average molecular weight is 288 g/mol. The third kappa shape index (κ3) is 3.56. The normalized spacial score (nSPS) is 10.7. The van der Waals surface area contributed by atoms with E-state index in [1.807, 2.05) is 36.9 Å². The highest BCUT2D eigenvalue weighted by Gasteiger charge is 2.17. The van der Waals surface area contributed by atoms with E-state index in [2.05, 4.69) is 4.98 Å². The van der Waals surface area contributed by atoms with Gasteiger partial charge in [-0.1, -0.05) is 6.07 Å². The molecule has 110 valence electrons. The molecule has 0 unspecified atom stereocenters. The summed E-state index contributed by atoms with van der Waals surface area (Å²) in [7, 11) is 0. The molecule has 0 fully saturated rings. The molecule has 1 aromatic heterocycles. The summed E-state index contributed by atoms with van der Waals surface area (Å²) in [5.41, 5.74) is 1.14. The Morgan fingerprint density at radius 2 is 2.10 bits per heavy atom. The lowest BCUT2D eigenvalue weighted by Gasteiger charge is -2.29. The van der Waals surface area contributed by atoms with Gasteiger partial charge in [-0.05, 0) is 44.2 Å². The van der Waals surface area contributed by atoms with Crippen molar-refractivity contribution in [2.75, 3.05) is 4.90 Å². The molecule has 0 atom stereocenters. The number of rotatable bonds is 5. The van der Waals surface area contributed by atoms with Crippen molar-refractivity contribution < 1.29 is 14.3 Å². The summed E-state index contributed by atoms with van der Waals surface area (Å²) in [6, 6.07) is 9.59. The Kier molecular flexibility index (Phi) is 4.52. The summed E-state index contributed by atoms with van der Waals surface area (Å²) in [5, 5.41) is 8.89. The number of pyridine rings is 1. The minimum Gasteiger partial charge on any atom is -0.478 e. The number of benzene rings is 1. The van der Waals surface area contributed by atoms with Crippen molar-refractivity contribution in [2.24, 2.45) is 0 Å². The van der Waals surface area contributed by atoms with Crippen LogP contribution in [0.3, 0.4) is 0 Å². The fourth-order valence-electron chi connectivity index (χ4n) is 2.08. The van der Waals surface area contributed by atoms with Crippen LogP contribution >= 0.6 is 0 Å². The fraction of sp³-hybridized carbons (Fsp3) is 0.250. The Balaban J connectivity index is 2.32. The van der Waals surface area contributed by atoms with E-state index in [0.29, 0.717) is 12.2 Å². The molecule has 2 aromatic rings. The maximum absolute atomic E-state index is 14.2. The van der Waals surface area contributed by atoms with E-state index in [0.717, 1.165) is 11.8 Å². The predicted octanol–water partition coefficient (Wildman–Crippen LogP) is 3.33. The van der Waals surface area contributed by atoms with Crippen LogP contribution in [0.15, 0.2) is 42.6 Å². The van der Waals surface area contributed by atoms with Gasteiger partial charge in [0.15, 0.2) is 0 Å². The number of anilines is 1. The number of aromatic carboxylic acids is 1. The smallest absolute Gasteiger partial charge is 0.335 e. The Morgan fingerprint density at radius 3 is 2.62 bits per heavy atom. The number of hydrogen-bond donors (Lipinski definition) is 1. The van der Waals surface area contributed by atoms with E-state index in [9.17, 15) is 9.18 Å². The summed E-state index contributed by atoms with van der Waals surface area (Å²) in [5.74, 6) is -1.68. The zero-order valence-electron chi connectivity index (χ0n) is 12.0. The standard InChI is InChI=1S/C16H17FN2O2/c1-11(2)19(10-13-5-3-4-8-18-13)15-7-6-12(16(20)21)9-14(15)17/h3-9,11H,10H2,1-2H3,(H,20,21). The average Bonchev–Trinajstić information content (AvgIpc) is 2.46. The second kappa shape index (κ2) is 6.35. The number of carboxylic acids is 1. The van der Waals surface area contributed by atoms with E-state index < -0.39 is 11.8 Å². The second-order valence-electron chi connectivity index (χ2n) is 5.01. The van der Waals surface area contributed by atoms with Crippen LogP contribution in [0.5, 0.6) is 0 Å². The van der Waals surface area contributed by atoms with Gasteiger partial charge in [-0.25, -0.2) is 9.18 Å². The lowest BCUT2D eigenvalue weighted by Crippen LogP contribution is -2.31. The molecular weight excluding hydrogens is 271 g/mol. The maximum atomic E-state index is 14.2. The molecule has 1 N–H and O–H groups in total. The van der Waals surface area contributed by atoms with Crippen molar-refractivity contribution in [1.82, 2.24) is 4.98 Å².